The Morgan fingerprint density at radius 2 is 1.22 bits per heavy atom. The molecular formula is C25H48O2. The fourth-order valence-electron chi connectivity index (χ4n) is 3.58. The third-order valence-corrected chi connectivity index (χ3v) is 5.44. The number of esters is 1. The van der Waals surface area contributed by atoms with E-state index in [1.54, 1.807) is 0 Å². The van der Waals surface area contributed by atoms with Gasteiger partial charge in [0.25, 0.3) is 0 Å². The molecule has 0 aliphatic heterocycles. The highest BCUT2D eigenvalue weighted by Gasteiger charge is 2.19. The number of rotatable bonds is 21. The lowest BCUT2D eigenvalue weighted by atomic mass is 9.94. The molecule has 0 rings (SSSR count). The number of allylic oxidation sites excluding steroid dienone is 1. The van der Waals surface area contributed by atoms with E-state index in [1.807, 2.05) is 6.08 Å². The molecule has 0 aliphatic carbocycles. The summed E-state index contributed by atoms with van der Waals surface area (Å²) in [5.41, 5.74) is 0. The van der Waals surface area contributed by atoms with Gasteiger partial charge in [-0.1, -0.05) is 103 Å². The van der Waals surface area contributed by atoms with Crippen molar-refractivity contribution >= 4 is 5.97 Å². The lowest BCUT2D eigenvalue weighted by Crippen LogP contribution is -2.18. The van der Waals surface area contributed by atoms with Crippen molar-refractivity contribution < 1.29 is 9.53 Å². The molecule has 160 valence electrons. The molecule has 0 aliphatic rings. The minimum absolute atomic E-state index is 0.0757. The molecular weight excluding hydrogens is 332 g/mol. The molecule has 0 aromatic carbocycles. The second-order valence-corrected chi connectivity index (χ2v) is 8.12. The van der Waals surface area contributed by atoms with Crippen molar-refractivity contribution in [2.75, 3.05) is 6.61 Å². The smallest absolute Gasteiger partial charge is 0.308 e. The van der Waals surface area contributed by atoms with Crippen molar-refractivity contribution in [2.45, 2.75) is 129 Å². The molecule has 0 amide bonds. The Morgan fingerprint density at radius 1 is 0.741 bits per heavy atom. The van der Waals surface area contributed by atoms with E-state index in [2.05, 4.69) is 20.4 Å². The number of carbonyl (C=O) groups excluding carboxylic acids is 1. The molecule has 0 aromatic rings. The van der Waals surface area contributed by atoms with Gasteiger partial charge in [0.05, 0.1) is 12.5 Å². The normalized spacial score (nSPS) is 12.1. The van der Waals surface area contributed by atoms with Crippen LogP contribution in [0.25, 0.3) is 0 Å². The largest absolute Gasteiger partial charge is 0.465 e. The van der Waals surface area contributed by atoms with Crippen LogP contribution in [-0.2, 0) is 9.53 Å². The number of unbranched alkanes of at least 4 members (excludes halogenated alkanes) is 13. The first-order valence-electron chi connectivity index (χ1n) is 12.0. The van der Waals surface area contributed by atoms with Crippen molar-refractivity contribution in [1.29, 1.82) is 0 Å². The maximum atomic E-state index is 12.5. The molecule has 27 heavy (non-hydrogen) atoms. The van der Waals surface area contributed by atoms with Crippen LogP contribution in [0.1, 0.15) is 129 Å². The van der Waals surface area contributed by atoms with Gasteiger partial charge in [0.1, 0.15) is 0 Å². The quantitative estimate of drug-likeness (QED) is 0.113. The molecule has 2 nitrogen and oxygen atoms in total. The molecule has 0 heterocycles. The van der Waals surface area contributed by atoms with Crippen molar-refractivity contribution in [1.82, 2.24) is 0 Å². The molecule has 0 fully saturated rings. The predicted octanol–water partition coefficient (Wildman–Crippen LogP) is 8.39. The zero-order chi connectivity index (χ0) is 20.0. The molecule has 0 radical (unpaired) electrons. The molecule has 1 atom stereocenters. The third kappa shape index (κ3) is 18.3. The highest BCUT2D eigenvalue weighted by molar-refractivity contribution is 5.72. The summed E-state index contributed by atoms with van der Waals surface area (Å²) in [6, 6.07) is 0. The van der Waals surface area contributed by atoms with Crippen LogP contribution in [0.5, 0.6) is 0 Å². The average molecular weight is 381 g/mol. The summed E-state index contributed by atoms with van der Waals surface area (Å²) in [6.07, 6.45) is 23.8. The van der Waals surface area contributed by atoms with E-state index < -0.39 is 0 Å². The highest BCUT2D eigenvalue weighted by atomic mass is 16.5. The van der Waals surface area contributed by atoms with Crippen LogP contribution in [0.3, 0.4) is 0 Å². The lowest BCUT2D eigenvalue weighted by Gasteiger charge is -2.16. The number of ether oxygens (including phenoxy) is 1. The second kappa shape index (κ2) is 21.5. The molecule has 0 saturated carbocycles. The second-order valence-electron chi connectivity index (χ2n) is 8.12. The first-order valence-corrected chi connectivity index (χ1v) is 12.0. The van der Waals surface area contributed by atoms with Gasteiger partial charge in [0, 0.05) is 0 Å². The number of carbonyl (C=O) groups is 1. The Kier molecular flexibility index (Phi) is 20.9. The molecule has 0 spiro atoms. The monoisotopic (exact) mass is 380 g/mol. The zero-order valence-corrected chi connectivity index (χ0v) is 18.6. The Morgan fingerprint density at radius 3 is 1.81 bits per heavy atom. The van der Waals surface area contributed by atoms with E-state index in [0.29, 0.717) is 6.61 Å². The van der Waals surface area contributed by atoms with Crippen molar-refractivity contribution in [2.24, 2.45) is 5.92 Å². The van der Waals surface area contributed by atoms with Gasteiger partial charge in [-0.05, 0) is 32.1 Å². The summed E-state index contributed by atoms with van der Waals surface area (Å²) in [6.45, 7) is 8.86. The van der Waals surface area contributed by atoms with Gasteiger partial charge in [-0.2, -0.15) is 0 Å². The van der Waals surface area contributed by atoms with Crippen LogP contribution in [0.15, 0.2) is 12.7 Å². The summed E-state index contributed by atoms with van der Waals surface area (Å²) >= 11 is 0. The van der Waals surface area contributed by atoms with Crippen LogP contribution in [0, 0.1) is 5.92 Å². The average Bonchev–Trinajstić information content (AvgIpc) is 2.68. The van der Waals surface area contributed by atoms with Crippen LogP contribution < -0.4 is 0 Å². The van der Waals surface area contributed by atoms with E-state index in [9.17, 15) is 4.79 Å². The lowest BCUT2D eigenvalue weighted by molar-refractivity contribution is -0.149. The van der Waals surface area contributed by atoms with E-state index in [-0.39, 0.29) is 11.9 Å². The molecule has 0 saturated heterocycles. The SMILES string of the molecule is C=CCCCCCCCOC(=O)C(CCCCCC)CCCCCCCC. The molecule has 0 N–H and O–H groups in total. The van der Waals surface area contributed by atoms with Crippen LogP contribution >= 0.6 is 0 Å². The molecule has 2 heteroatoms. The molecule has 1 unspecified atom stereocenters. The van der Waals surface area contributed by atoms with Gasteiger partial charge in [0.15, 0.2) is 0 Å². The Bertz CT molecular complexity index is 324. The van der Waals surface area contributed by atoms with Gasteiger partial charge in [-0.25, -0.2) is 0 Å². The summed E-state index contributed by atoms with van der Waals surface area (Å²) in [5.74, 6) is 0.215. The summed E-state index contributed by atoms with van der Waals surface area (Å²) < 4.78 is 5.63. The van der Waals surface area contributed by atoms with Gasteiger partial charge < -0.3 is 4.74 Å². The fraction of sp³-hybridized carbons (Fsp3) is 0.880. The summed E-state index contributed by atoms with van der Waals surface area (Å²) in [4.78, 5) is 12.5. The molecule has 0 aromatic heterocycles. The summed E-state index contributed by atoms with van der Waals surface area (Å²) in [5, 5.41) is 0. The number of hydrogen-bond acceptors (Lipinski definition) is 2. The maximum absolute atomic E-state index is 12.5. The third-order valence-electron chi connectivity index (χ3n) is 5.44. The zero-order valence-electron chi connectivity index (χ0n) is 18.6. The maximum Gasteiger partial charge on any atom is 0.308 e. The van der Waals surface area contributed by atoms with Crippen LogP contribution in [-0.4, -0.2) is 12.6 Å². The van der Waals surface area contributed by atoms with Gasteiger partial charge in [0.2, 0.25) is 0 Å². The number of hydrogen-bond donors (Lipinski definition) is 0. The Hall–Kier alpha value is -0.790. The van der Waals surface area contributed by atoms with Gasteiger partial charge >= 0.3 is 5.97 Å². The van der Waals surface area contributed by atoms with Gasteiger partial charge in [-0.3, -0.25) is 4.79 Å². The Balaban J connectivity index is 3.94. The molecule has 0 bridgehead atoms. The predicted molar refractivity (Wildman–Crippen MR) is 119 cm³/mol. The first-order chi connectivity index (χ1) is 13.3. The van der Waals surface area contributed by atoms with E-state index >= 15 is 0 Å². The fourth-order valence-corrected chi connectivity index (χ4v) is 3.58. The Labute approximate surface area is 170 Å². The first kappa shape index (κ1) is 26.2. The van der Waals surface area contributed by atoms with E-state index in [1.165, 1.54) is 89.9 Å². The minimum atomic E-state index is 0.0757. The van der Waals surface area contributed by atoms with Crippen LogP contribution in [0.2, 0.25) is 0 Å². The van der Waals surface area contributed by atoms with Crippen molar-refractivity contribution in [3.05, 3.63) is 12.7 Å². The van der Waals surface area contributed by atoms with Gasteiger partial charge in [-0.15, -0.1) is 6.58 Å². The van der Waals surface area contributed by atoms with E-state index in [4.69, 9.17) is 4.74 Å². The highest BCUT2D eigenvalue weighted by Crippen LogP contribution is 2.20. The van der Waals surface area contributed by atoms with E-state index in [0.717, 1.165) is 25.7 Å². The summed E-state index contributed by atoms with van der Waals surface area (Å²) in [7, 11) is 0. The topological polar surface area (TPSA) is 26.3 Å². The van der Waals surface area contributed by atoms with Crippen molar-refractivity contribution in [3.63, 3.8) is 0 Å². The minimum Gasteiger partial charge on any atom is -0.465 e. The van der Waals surface area contributed by atoms with Crippen LogP contribution in [0.4, 0.5) is 0 Å². The standard InChI is InChI=1S/C25H48O2/c1-4-7-10-13-15-17-20-23-27-25(26)24(21-18-12-9-6-3)22-19-16-14-11-8-5-2/h4,24H,1,5-23H2,2-3H3. The van der Waals surface area contributed by atoms with Crippen molar-refractivity contribution in [3.8, 4) is 0 Å².